The minimum Gasteiger partial charge on any atom is -0.466 e. The molecule has 1 amide bonds. The maximum absolute atomic E-state index is 12.3. The van der Waals surface area contributed by atoms with Crippen LogP contribution in [0, 0.1) is 0 Å². The van der Waals surface area contributed by atoms with Gasteiger partial charge in [-0.15, -0.1) is 0 Å². The van der Waals surface area contributed by atoms with E-state index < -0.39 is 12.1 Å². The van der Waals surface area contributed by atoms with Crippen LogP contribution in [0.1, 0.15) is 239 Å². The van der Waals surface area contributed by atoms with E-state index in [9.17, 15) is 19.8 Å². The molecule has 0 aromatic heterocycles. The summed E-state index contributed by atoms with van der Waals surface area (Å²) in [6.07, 6.45) is 52.6. The van der Waals surface area contributed by atoms with Crippen molar-refractivity contribution in [2.24, 2.45) is 0 Å². The first-order valence-electron chi connectivity index (χ1n) is 23.7. The number of rotatable bonds is 43. The summed E-state index contributed by atoms with van der Waals surface area (Å²) in [4.78, 5) is 24.3. The number of aliphatic hydroxyl groups is 2. The van der Waals surface area contributed by atoms with Gasteiger partial charge in [-0.3, -0.25) is 9.59 Å². The van der Waals surface area contributed by atoms with E-state index in [0.29, 0.717) is 32.3 Å². The first-order valence-corrected chi connectivity index (χ1v) is 23.7. The first kappa shape index (κ1) is 53.1. The fraction of sp³-hybridized carbons (Fsp3) is 0.837. The molecule has 322 valence electrons. The molecule has 2 unspecified atom stereocenters. The maximum atomic E-state index is 12.3. The zero-order chi connectivity index (χ0) is 40.1. The number of carbonyl (C=O) groups is 2. The van der Waals surface area contributed by atoms with Crippen LogP contribution in [-0.4, -0.2) is 47.4 Å². The number of allylic oxidation sites excluding steroid dienone is 6. The molecule has 0 fully saturated rings. The van der Waals surface area contributed by atoms with Crippen LogP contribution in [0.25, 0.3) is 0 Å². The minimum atomic E-state index is -0.697. The summed E-state index contributed by atoms with van der Waals surface area (Å²) in [6.45, 7) is 4.85. The highest BCUT2D eigenvalue weighted by Crippen LogP contribution is 2.14. The Morgan fingerprint density at radius 3 is 1.44 bits per heavy atom. The fourth-order valence-electron chi connectivity index (χ4n) is 6.98. The Hall–Kier alpha value is -1.92. The zero-order valence-corrected chi connectivity index (χ0v) is 36.4. The Morgan fingerprint density at radius 2 is 0.927 bits per heavy atom. The Kier molecular flexibility index (Phi) is 43.2. The van der Waals surface area contributed by atoms with Crippen molar-refractivity contribution in [1.82, 2.24) is 5.32 Å². The third kappa shape index (κ3) is 41.5. The lowest BCUT2D eigenvalue weighted by Gasteiger charge is -2.22. The number of unbranched alkanes of at least 4 members (excludes halogenated alkanes) is 26. The minimum absolute atomic E-state index is 0.0260. The second kappa shape index (κ2) is 44.8. The van der Waals surface area contributed by atoms with E-state index in [1.807, 2.05) is 6.08 Å². The monoisotopic (exact) mass is 774 g/mol. The van der Waals surface area contributed by atoms with Gasteiger partial charge in [0.2, 0.25) is 5.91 Å². The van der Waals surface area contributed by atoms with E-state index in [-0.39, 0.29) is 18.5 Å². The highest BCUT2D eigenvalue weighted by Gasteiger charge is 2.19. The van der Waals surface area contributed by atoms with Gasteiger partial charge in [-0.2, -0.15) is 0 Å². The third-order valence-corrected chi connectivity index (χ3v) is 10.7. The van der Waals surface area contributed by atoms with Crippen LogP contribution in [0.2, 0.25) is 0 Å². The van der Waals surface area contributed by atoms with Crippen LogP contribution in [0.3, 0.4) is 0 Å². The fourth-order valence-corrected chi connectivity index (χ4v) is 6.98. The largest absolute Gasteiger partial charge is 0.466 e. The van der Waals surface area contributed by atoms with Gasteiger partial charge in [0.15, 0.2) is 0 Å². The van der Waals surface area contributed by atoms with Gasteiger partial charge in [-0.1, -0.05) is 192 Å². The van der Waals surface area contributed by atoms with Gasteiger partial charge in [-0.05, 0) is 70.6 Å². The highest BCUT2D eigenvalue weighted by atomic mass is 16.5. The van der Waals surface area contributed by atoms with Crippen molar-refractivity contribution in [3.63, 3.8) is 0 Å². The van der Waals surface area contributed by atoms with Crippen LogP contribution >= 0.6 is 0 Å². The summed E-state index contributed by atoms with van der Waals surface area (Å²) < 4.78 is 5.44. The lowest BCUT2D eigenvalue weighted by molar-refractivity contribution is -0.143. The summed E-state index contributed by atoms with van der Waals surface area (Å²) in [5, 5.41) is 23.0. The van der Waals surface area contributed by atoms with Gasteiger partial charge in [0.1, 0.15) is 0 Å². The second-order valence-electron chi connectivity index (χ2n) is 16.1. The van der Waals surface area contributed by atoms with E-state index >= 15 is 0 Å². The molecule has 0 saturated heterocycles. The van der Waals surface area contributed by atoms with Gasteiger partial charge >= 0.3 is 5.97 Å². The lowest BCUT2D eigenvalue weighted by Crippen LogP contribution is -2.45. The van der Waals surface area contributed by atoms with Crippen LogP contribution in [-0.2, 0) is 14.3 Å². The molecule has 0 spiro atoms. The van der Waals surface area contributed by atoms with Crippen LogP contribution in [0.5, 0.6) is 0 Å². The molecule has 55 heavy (non-hydrogen) atoms. The van der Waals surface area contributed by atoms with Crippen molar-refractivity contribution in [2.45, 2.75) is 251 Å². The molecule has 6 nitrogen and oxygen atoms in total. The van der Waals surface area contributed by atoms with Crippen LogP contribution in [0.15, 0.2) is 36.5 Å². The number of hydrogen-bond acceptors (Lipinski definition) is 5. The quantitative estimate of drug-likeness (QED) is 0.0326. The molecule has 2 atom stereocenters. The molecule has 0 heterocycles. The topological polar surface area (TPSA) is 95.9 Å². The number of amides is 1. The third-order valence-electron chi connectivity index (χ3n) is 10.7. The van der Waals surface area contributed by atoms with E-state index in [1.54, 1.807) is 0 Å². The SMILES string of the molecule is CCCCCCCC/C=C\CCCCCCCC(=O)OCCCCCCCC/C=C\C/C=C\CCC(=O)NC(CO)C(O)CCCCCCCCCCCC. The normalized spacial score (nSPS) is 13.0. The average molecular weight is 774 g/mol. The molecule has 0 radical (unpaired) electrons. The van der Waals surface area contributed by atoms with Crippen molar-refractivity contribution in [3.05, 3.63) is 36.5 Å². The van der Waals surface area contributed by atoms with Crippen LogP contribution in [0.4, 0.5) is 0 Å². The summed E-state index contributed by atoms with van der Waals surface area (Å²) in [5.41, 5.74) is 0. The van der Waals surface area contributed by atoms with Gasteiger partial charge in [0, 0.05) is 12.8 Å². The number of nitrogens with one attached hydrogen (secondary N) is 1. The molecule has 6 heteroatoms. The Bertz CT molecular complexity index is 900. The molecule has 3 N–H and O–H groups in total. The molecule has 0 aromatic carbocycles. The number of hydrogen-bond donors (Lipinski definition) is 3. The first-order chi connectivity index (χ1) is 27.0. The number of ether oxygens (including phenoxy) is 1. The molecular weight excluding hydrogens is 683 g/mol. The predicted molar refractivity (Wildman–Crippen MR) is 236 cm³/mol. The Morgan fingerprint density at radius 1 is 0.509 bits per heavy atom. The molecule has 0 aliphatic heterocycles. The average Bonchev–Trinajstić information content (AvgIpc) is 3.18. The molecule has 0 rings (SSSR count). The Labute approximate surface area is 341 Å². The number of aliphatic hydroxyl groups excluding tert-OH is 2. The molecular formula is C49H91NO5. The van der Waals surface area contributed by atoms with Crippen molar-refractivity contribution >= 4 is 11.9 Å². The molecule has 0 aromatic rings. The smallest absolute Gasteiger partial charge is 0.305 e. The molecule has 0 aliphatic rings. The van der Waals surface area contributed by atoms with Crippen molar-refractivity contribution in [3.8, 4) is 0 Å². The van der Waals surface area contributed by atoms with Gasteiger partial charge in [0.05, 0.1) is 25.4 Å². The maximum Gasteiger partial charge on any atom is 0.305 e. The van der Waals surface area contributed by atoms with Gasteiger partial charge < -0.3 is 20.3 Å². The predicted octanol–water partition coefficient (Wildman–Crippen LogP) is 13.7. The van der Waals surface area contributed by atoms with Crippen molar-refractivity contribution < 1.29 is 24.5 Å². The number of carbonyl (C=O) groups excluding carboxylic acids is 2. The van der Waals surface area contributed by atoms with E-state index in [4.69, 9.17) is 4.74 Å². The summed E-state index contributed by atoms with van der Waals surface area (Å²) in [7, 11) is 0. The van der Waals surface area contributed by atoms with Crippen molar-refractivity contribution in [2.75, 3.05) is 13.2 Å². The highest BCUT2D eigenvalue weighted by molar-refractivity contribution is 5.76. The van der Waals surface area contributed by atoms with E-state index in [1.165, 1.54) is 148 Å². The summed E-state index contributed by atoms with van der Waals surface area (Å²) in [6, 6.07) is -0.584. The summed E-state index contributed by atoms with van der Waals surface area (Å²) >= 11 is 0. The number of esters is 1. The lowest BCUT2D eigenvalue weighted by atomic mass is 10.0. The van der Waals surface area contributed by atoms with Crippen molar-refractivity contribution in [1.29, 1.82) is 0 Å². The van der Waals surface area contributed by atoms with E-state index in [2.05, 4.69) is 49.5 Å². The van der Waals surface area contributed by atoms with E-state index in [0.717, 1.165) is 51.4 Å². The Balaban J connectivity index is 3.55. The zero-order valence-electron chi connectivity index (χ0n) is 36.4. The standard InChI is InChI=1S/C49H91NO5/c1-3-5-7-9-11-13-15-16-17-20-23-27-31-35-39-43-49(54)55-44-40-36-32-28-24-21-18-19-22-26-30-34-38-42-48(53)50-46(45-51)47(52)41-37-33-29-25-14-12-10-8-6-4-2/h16-17,19,22,30,34,46-47,51-52H,3-15,18,20-21,23-29,31-33,35-45H2,1-2H3,(H,50,53)/b17-16-,22-19-,34-30-. The van der Waals surface area contributed by atoms with Gasteiger partial charge in [0.25, 0.3) is 0 Å². The molecule has 0 bridgehead atoms. The molecule has 0 saturated carbocycles. The van der Waals surface area contributed by atoms with Crippen LogP contribution < -0.4 is 5.32 Å². The summed E-state index contributed by atoms with van der Waals surface area (Å²) in [5.74, 6) is -0.145. The molecule has 0 aliphatic carbocycles. The van der Waals surface area contributed by atoms with Gasteiger partial charge in [-0.25, -0.2) is 0 Å². The second-order valence-corrected chi connectivity index (χ2v) is 16.1.